The highest BCUT2D eigenvalue weighted by molar-refractivity contribution is 6.16. The van der Waals surface area contributed by atoms with Crippen molar-refractivity contribution in [3.8, 4) is 0 Å². The van der Waals surface area contributed by atoms with Crippen LogP contribution in [0.15, 0.2) is 11.3 Å². The van der Waals surface area contributed by atoms with Crippen LogP contribution in [0.4, 0.5) is 0 Å². The maximum absolute atomic E-state index is 12.2. The van der Waals surface area contributed by atoms with Gasteiger partial charge in [0.1, 0.15) is 5.76 Å². The van der Waals surface area contributed by atoms with Gasteiger partial charge in [-0.25, -0.2) is 4.79 Å². The lowest BCUT2D eigenvalue weighted by Gasteiger charge is -2.25. The van der Waals surface area contributed by atoms with Gasteiger partial charge < -0.3 is 20.5 Å². The second-order valence-electron chi connectivity index (χ2n) is 5.54. The Labute approximate surface area is 125 Å². The van der Waals surface area contributed by atoms with E-state index in [1.165, 1.54) is 7.11 Å². The van der Waals surface area contributed by atoms with Crippen molar-refractivity contribution in [3.63, 3.8) is 0 Å². The monoisotopic (exact) mass is 298 g/mol. The van der Waals surface area contributed by atoms with Crippen molar-refractivity contribution < 1.29 is 19.4 Å². The summed E-state index contributed by atoms with van der Waals surface area (Å²) in [5, 5.41) is 16.2. The number of aliphatic hydroxyl groups excluding tert-OH is 1. The number of carbonyl (C=O) groups is 2. The molecular formula is C15H26N2O4. The lowest BCUT2D eigenvalue weighted by Crippen LogP contribution is -2.42. The third-order valence-corrected chi connectivity index (χ3v) is 3.81. The van der Waals surface area contributed by atoms with E-state index in [1.54, 1.807) is 6.92 Å². The predicted octanol–water partition coefficient (Wildman–Crippen LogP) is 1.42. The molecule has 1 unspecified atom stereocenters. The lowest BCUT2D eigenvalue weighted by molar-refractivity contribution is -0.138. The Kier molecular flexibility index (Phi) is 6.68. The van der Waals surface area contributed by atoms with Crippen LogP contribution in [-0.4, -0.2) is 42.7 Å². The normalized spacial score (nSPS) is 22.6. The molecule has 21 heavy (non-hydrogen) atoms. The SMILES string of the molecule is CCCCCNC(=O)/C(C(=O)OC)=C(/O)C1(C)CCCN1. The van der Waals surface area contributed by atoms with Crippen LogP contribution >= 0.6 is 0 Å². The van der Waals surface area contributed by atoms with E-state index in [0.717, 1.165) is 32.2 Å². The summed E-state index contributed by atoms with van der Waals surface area (Å²) in [7, 11) is 1.20. The van der Waals surface area contributed by atoms with Gasteiger partial charge in [0.15, 0.2) is 5.57 Å². The Morgan fingerprint density at radius 1 is 1.38 bits per heavy atom. The lowest BCUT2D eigenvalue weighted by atomic mass is 9.93. The van der Waals surface area contributed by atoms with E-state index in [0.29, 0.717) is 13.0 Å². The van der Waals surface area contributed by atoms with E-state index >= 15 is 0 Å². The van der Waals surface area contributed by atoms with E-state index in [9.17, 15) is 14.7 Å². The molecule has 1 saturated heterocycles. The van der Waals surface area contributed by atoms with Crippen molar-refractivity contribution in [1.82, 2.24) is 10.6 Å². The first-order chi connectivity index (χ1) is 9.96. The van der Waals surface area contributed by atoms with Crippen LogP contribution in [0, 0.1) is 0 Å². The summed E-state index contributed by atoms with van der Waals surface area (Å²) >= 11 is 0. The number of carbonyl (C=O) groups excluding carboxylic acids is 2. The van der Waals surface area contributed by atoms with Crippen molar-refractivity contribution in [3.05, 3.63) is 11.3 Å². The van der Waals surface area contributed by atoms with Gasteiger partial charge in [-0.2, -0.15) is 0 Å². The zero-order valence-corrected chi connectivity index (χ0v) is 13.1. The van der Waals surface area contributed by atoms with Gasteiger partial charge >= 0.3 is 5.97 Å². The van der Waals surface area contributed by atoms with E-state index in [1.807, 2.05) is 0 Å². The molecule has 1 fully saturated rings. The summed E-state index contributed by atoms with van der Waals surface area (Å²) in [6.07, 6.45) is 4.44. The predicted molar refractivity (Wildman–Crippen MR) is 79.8 cm³/mol. The number of hydrogen-bond donors (Lipinski definition) is 3. The van der Waals surface area contributed by atoms with Crippen molar-refractivity contribution in [2.45, 2.75) is 51.5 Å². The van der Waals surface area contributed by atoms with Gasteiger partial charge in [0.2, 0.25) is 0 Å². The topological polar surface area (TPSA) is 87.7 Å². The summed E-state index contributed by atoms with van der Waals surface area (Å²) in [6, 6.07) is 0. The number of esters is 1. The smallest absolute Gasteiger partial charge is 0.347 e. The first kappa shape index (κ1) is 17.5. The number of aliphatic hydroxyl groups is 1. The molecule has 1 heterocycles. The highest BCUT2D eigenvalue weighted by Gasteiger charge is 2.38. The Morgan fingerprint density at radius 2 is 2.10 bits per heavy atom. The van der Waals surface area contributed by atoms with Gasteiger partial charge in [-0.1, -0.05) is 19.8 Å². The zero-order valence-electron chi connectivity index (χ0n) is 13.1. The van der Waals surface area contributed by atoms with Gasteiger partial charge in [0.05, 0.1) is 12.6 Å². The molecule has 0 bridgehead atoms. The molecule has 0 aromatic heterocycles. The number of ether oxygens (including phenoxy) is 1. The molecule has 1 aliphatic heterocycles. The highest BCUT2D eigenvalue weighted by atomic mass is 16.5. The van der Waals surface area contributed by atoms with E-state index < -0.39 is 17.4 Å². The maximum Gasteiger partial charge on any atom is 0.347 e. The molecule has 0 spiro atoms. The second-order valence-corrected chi connectivity index (χ2v) is 5.54. The number of nitrogens with one attached hydrogen (secondary N) is 2. The minimum Gasteiger partial charge on any atom is -0.509 e. The van der Waals surface area contributed by atoms with Crippen molar-refractivity contribution in [2.24, 2.45) is 0 Å². The quantitative estimate of drug-likeness (QED) is 0.165. The van der Waals surface area contributed by atoms with Gasteiger partial charge in [-0.3, -0.25) is 4.79 Å². The average Bonchev–Trinajstić information content (AvgIpc) is 2.91. The maximum atomic E-state index is 12.2. The molecule has 0 aromatic rings. The number of unbranched alkanes of at least 4 members (excludes halogenated alkanes) is 2. The summed E-state index contributed by atoms with van der Waals surface area (Å²) in [5.74, 6) is -1.62. The number of hydrogen-bond acceptors (Lipinski definition) is 5. The molecule has 120 valence electrons. The van der Waals surface area contributed by atoms with Crippen LogP contribution in [0.1, 0.15) is 46.0 Å². The number of methoxy groups -OCH3 is 1. The molecule has 0 radical (unpaired) electrons. The molecule has 1 aliphatic rings. The molecule has 0 saturated carbocycles. The Hall–Kier alpha value is -1.56. The minimum absolute atomic E-state index is 0.236. The Morgan fingerprint density at radius 3 is 2.62 bits per heavy atom. The fourth-order valence-corrected chi connectivity index (χ4v) is 2.44. The van der Waals surface area contributed by atoms with E-state index in [4.69, 9.17) is 0 Å². The molecule has 6 nitrogen and oxygen atoms in total. The van der Waals surface area contributed by atoms with E-state index in [-0.39, 0.29) is 11.3 Å². The van der Waals surface area contributed by atoms with Crippen molar-refractivity contribution >= 4 is 11.9 Å². The number of amides is 1. The molecule has 0 aromatic carbocycles. The van der Waals surface area contributed by atoms with Gasteiger partial charge in [0, 0.05) is 6.54 Å². The summed E-state index contributed by atoms with van der Waals surface area (Å²) in [4.78, 5) is 24.0. The number of rotatable bonds is 7. The fraction of sp³-hybridized carbons (Fsp3) is 0.733. The Bertz CT molecular complexity index is 412. The standard InChI is InChI=1S/C15H26N2O4/c1-4-5-6-9-16-13(19)11(14(20)21-3)12(18)15(2)8-7-10-17-15/h17-18H,4-10H2,1-3H3,(H,16,19)/b12-11-. The first-order valence-electron chi connectivity index (χ1n) is 7.51. The highest BCUT2D eigenvalue weighted by Crippen LogP contribution is 2.27. The Balaban J connectivity index is 2.89. The van der Waals surface area contributed by atoms with Gasteiger partial charge in [-0.15, -0.1) is 0 Å². The molecule has 0 aliphatic carbocycles. The molecule has 6 heteroatoms. The first-order valence-corrected chi connectivity index (χ1v) is 7.51. The van der Waals surface area contributed by atoms with Crippen LogP contribution in [-0.2, 0) is 14.3 Å². The van der Waals surface area contributed by atoms with Crippen molar-refractivity contribution in [1.29, 1.82) is 0 Å². The van der Waals surface area contributed by atoms with Gasteiger partial charge in [-0.05, 0) is 32.7 Å². The summed E-state index contributed by atoms with van der Waals surface area (Å²) < 4.78 is 4.64. The van der Waals surface area contributed by atoms with Crippen LogP contribution in [0.3, 0.4) is 0 Å². The van der Waals surface area contributed by atoms with E-state index in [2.05, 4.69) is 22.3 Å². The summed E-state index contributed by atoms with van der Waals surface area (Å²) in [5.41, 5.74) is -1.05. The third kappa shape index (κ3) is 4.46. The van der Waals surface area contributed by atoms with Gasteiger partial charge in [0.25, 0.3) is 5.91 Å². The molecular weight excluding hydrogens is 272 g/mol. The van der Waals surface area contributed by atoms with Crippen LogP contribution in [0.25, 0.3) is 0 Å². The fourth-order valence-electron chi connectivity index (χ4n) is 2.44. The third-order valence-electron chi connectivity index (χ3n) is 3.81. The van der Waals surface area contributed by atoms with Crippen LogP contribution < -0.4 is 10.6 Å². The van der Waals surface area contributed by atoms with Crippen LogP contribution in [0.2, 0.25) is 0 Å². The average molecular weight is 298 g/mol. The molecule has 1 rings (SSSR count). The van der Waals surface area contributed by atoms with Crippen LogP contribution in [0.5, 0.6) is 0 Å². The zero-order chi connectivity index (χ0) is 15.9. The molecule has 3 N–H and O–H groups in total. The summed E-state index contributed by atoms with van der Waals surface area (Å²) in [6.45, 7) is 5.07. The largest absolute Gasteiger partial charge is 0.509 e. The molecule has 1 amide bonds. The molecule has 1 atom stereocenters. The van der Waals surface area contributed by atoms with Crippen molar-refractivity contribution in [2.75, 3.05) is 20.2 Å². The minimum atomic E-state index is -0.810. The second kappa shape index (κ2) is 8.02.